The average molecular weight is 356 g/mol. The lowest BCUT2D eigenvalue weighted by Gasteiger charge is -2.19. The van der Waals surface area contributed by atoms with E-state index in [0.717, 1.165) is 16.7 Å². The Labute approximate surface area is 146 Å². The Balaban J connectivity index is 2.06. The molecular weight excluding hydrogens is 342 g/mol. The SMILES string of the molecule is O=S1(=O)NC(c2ccccc2)c2cc(Cl)ccc2-c2ccccc21. The molecule has 3 aromatic rings. The van der Waals surface area contributed by atoms with Crippen LogP contribution in [0.5, 0.6) is 0 Å². The summed E-state index contributed by atoms with van der Waals surface area (Å²) in [6.07, 6.45) is 0. The minimum absolute atomic E-state index is 0.284. The van der Waals surface area contributed by atoms with Gasteiger partial charge in [0.25, 0.3) is 0 Å². The van der Waals surface area contributed by atoms with Gasteiger partial charge in [0.15, 0.2) is 0 Å². The van der Waals surface area contributed by atoms with Crippen molar-refractivity contribution in [1.82, 2.24) is 4.72 Å². The van der Waals surface area contributed by atoms with Gasteiger partial charge in [0.2, 0.25) is 10.0 Å². The quantitative estimate of drug-likeness (QED) is 0.703. The van der Waals surface area contributed by atoms with Crippen LogP contribution in [-0.4, -0.2) is 8.42 Å². The molecule has 1 atom stereocenters. The smallest absolute Gasteiger partial charge is 0.207 e. The Morgan fingerprint density at radius 3 is 2.33 bits per heavy atom. The van der Waals surface area contributed by atoms with Crippen molar-refractivity contribution in [3.8, 4) is 11.1 Å². The maximum absolute atomic E-state index is 12.9. The summed E-state index contributed by atoms with van der Waals surface area (Å²) in [4.78, 5) is 0.284. The van der Waals surface area contributed by atoms with Crippen molar-refractivity contribution in [2.75, 3.05) is 0 Å². The van der Waals surface area contributed by atoms with Crippen molar-refractivity contribution in [3.05, 3.63) is 88.9 Å². The molecule has 1 aliphatic rings. The third-order valence-corrected chi connectivity index (χ3v) is 5.91. The molecule has 1 heterocycles. The minimum atomic E-state index is -3.65. The first-order valence-electron chi connectivity index (χ1n) is 7.52. The van der Waals surface area contributed by atoms with Crippen LogP contribution in [0, 0.1) is 0 Å². The monoisotopic (exact) mass is 355 g/mol. The molecule has 1 unspecified atom stereocenters. The van der Waals surface area contributed by atoms with Crippen molar-refractivity contribution in [2.24, 2.45) is 0 Å². The topological polar surface area (TPSA) is 46.2 Å². The highest BCUT2D eigenvalue weighted by Gasteiger charge is 2.31. The van der Waals surface area contributed by atoms with E-state index in [1.54, 1.807) is 18.2 Å². The summed E-state index contributed by atoms with van der Waals surface area (Å²) in [5.41, 5.74) is 3.28. The molecule has 3 aromatic carbocycles. The van der Waals surface area contributed by atoms with E-state index < -0.39 is 16.1 Å². The first-order valence-corrected chi connectivity index (χ1v) is 9.38. The number of halogens is 1. The molecule has 3 nitrogen and oxygen atoms in total. The summed E-state index contributed by atoms with van der Waals surface area (Å²) in [7, 11) is -3.65. The van der Waals surface area contributed by atoms with Gasteiger partial charge in [-0.05, 0) is 34.9 Å². The van der Waals surface area contributed by atoms with Gasteiger partial charge in [-0.3, -0.25) is 0 Å². The van der Waals surface area contributed by atoms with Crippen molar-refractivity contribution in [3.63, 3.8) is 0 Å². The van der Waals surface area contributed by atoms with Gasteiger partial charge < -0.3 is 0 Å². The van der Waals surface area contributed by atoms with Crippen LogP contribution < -0.4 is 4.72 Å². The highest BCUT2D eigenvalue weighted by Crippen LogP contribution is 2.40. The molecule has 1 N–H and O–H groups in total. The summed E-state index contributed by atoms with van der Waals surface area (Å²) >= 11 is 6.20. The number of rotatable bonds is 1. The van der Waals surface area contributed by atoms with Crippen molar-refractivity contribution in [2.45, 2.75) is 10.9 Å². The normalized spacial score (nSPS) is 18.3. The van der Waals surface area contributed by atoms with Crippen LogP contribution in [0.25, 0.3) is 11.1 Å². The van der Waals surface area contributed by atoms with Gasteiger partial charge in [0.05, 0.1) is 10.9 Å². The molecule has 0 bridgehead atoms. The van der Waals surface area contributed by atoms with Crippen LogP contribution in [0.1, 0.15) is 17.2 Å². The molecule has 0 aliphatic carbocycles. The Morgan fingerprint density at radius 1 is 0.833 bits per heavy atom. The Kier molecular flexibility index (Phi) is 3.68. The van der Waals surface area contributed by atoms with E-state index in [9.17, 15) is 8.42 Å². The van der Waals surface area contributed by atoms with Crippen molar-refractivity contribution >= 4 is 21.6 Å². The highest BCUT2D eigenvalue weighted by atomic mass is 35.5. The largest absolute Gasteiger partial charge is 0.242 e. The Morgan fingerprint density at radius 2 is 1.54 bits per heavy atom. The molecular formula is C19H14ClNO2S. The number of benzene rings is 3. The molecule has 5 heteroatoms. The number of fused-ring (bicyclic) bond motifs is 3. The maximum Gasteiger partial charge on any atom is 0.242 e. The molecule has 0 saturated carbocycles. The zero-order valence-corrected chi connectivity index (χ0v) is 14.2. The zero-order chi connectivity index (χ0) is 16.7. The van der Waals surface area contributed by atoms with Crippen LogP contribution in [0.3, 0.4) is 0 Å². The standard InChI is InChI=1S/C19H14ClNO2S/c20-14-10-11-15-16-8-4-5-9-18(16)24(22,23)21-19(17(15)12-14)13-6-2-1-3-7-13/h1-12,19,21H. The zero-order valence-electron chi connectivity index (χ0n) is 12.6. The van der Waals surface area contributed by atoms with E-state index in [4.69, 9.17) is 11.6 Å². The summed E-state index contributed by atoms with van der Waals surface area (Å²) < 4.78 is 28.6. The Bertz CT molecular complexity index is 1020. The third-order valence-electron chi connectivity index (χ3n) is 4.20. The highest BCUT2D eigenvalue weighted by molar-refractivity contribution is 7.89. The van der Waals surface area contributed by atoms with E-state index >= 15 is 0 Å². The van der Waals surface area contributed by atoms with Crippen LogP contribution in [0.2, 0.25) is 5.02 Å². The molecule has 0 saturated heterocycles. The van der Waals surface area contributed by atoms with Gasteiger partial charge in [-0.1, -0.05) is 66.2 Å². The van der Waals surface area contributed by atoms with Gasteiger partial charge in [-0.25, -0.2) is 8.42 Å². The van der Waals surface area contributed by atoms with E-state index in [0.29, 0.717) is 10.6 Å². The van der Waals surface area contributed by atoms with Gasteiger partial charge in [-0.2, -0.15) is 4.72 Å². The fourth-order valence-electron chi connectivity index (χ4n) is 3.12. The maximum atomic E-state index is 12.9. The molecule has 0 aromatic heterocycles. The third kappa shape index (κ3) is 2.53. The van der Waals surface area contributed by atoms with Gasteiger partial charge >= 0.3 is 0 Å². The predicted octanol–water partition coefficient (Wildman–Crippen LogP) is 4.39. The van der Waals surface area contributed by atoms with Crippen LogP contribution in [0.4, 0.5) is 0 Å². The lowest BCUT2D eigenvalue weighted by atomic mass is 9.91. The molecule has 0 amide bonds. The van der Waals surface area contributed by atoms with Crippen molar-refractivity contribution < 1.29 is 8.42 Å². The Hall–Kier alpha value is -2.14. The first-order chi connectivity index (χ1) is 11.6. The second-order valence-corrected chi connectivity index (χ2v) is 7.81. The van der Waals surface area contributed by atoms with Crippen molar-refractivity contribution in [1.29, 1.82) is 0 Å². The molecule has 120 valence electrons. The van der Waals surface area contributed by atoms with Crippen LogP contribution in [-0.2, 0) is 10.0 Å². The summed E-state index contributed by atoms with van der Waals surface area (Å²) in [6, 6.07) is 21.6. The van der Waals surface area contributed by atoms with E-state index in [1.807, 2.05) is 54.6 Å². The van der Waals surface area contributed by atoms with Crippen LogP contribution >= 0.6 is 11.6 Å². The fraction of sp³-hybridized carbons (Fsp3) is 0.0526. The molecule has 1 aliphatic heterocycles. The van der Waals surface area contributed by atoms with E-state index in [2.05, 4.69) is 4.72 Å². The van der Waals surface area contributed by atoms with E-state index in [1.165, 1.54) is 0 Å². The summed E-state index contributed by atoms with van der Waals surface area (Å²) in [6.45, 7) is 0. The average Bonchev–Trinajstić information content (AvgIpc) is 2.69. The molecule has 0 spiro atoms. The number of sulfonamides is 1. The lowest BCUT2D eigenvalue weighted by Crippen LogP contribution is -2.28. The molecule has 24 heavy (non-hydrogen) atoms. The van der Waals surface area contributed by atoms with Gasteiger partial charge in [0.1, 0.15) is 0 Å². The second kappa shape index (κ2) is 5.74. The number of nitrogens with one attached hydrogen (secondary N) is 1. The number of hydrogen-bond donors (Lipinski definition) is 1. The minimum Gasteiger partial charge on any atom is -0.207 e. The second-order valence-electron chi connectivity index (χ2n) is 5.69. The lowest BCUT2D eigenvalue weighted by molar-refractivity contribution is 0.574. The molecule has 4 rings (SSSR count). The summed E-state index contributed by atoms with van der Waals surface area (Å²) in [5, 5.41) is 0.577. The summed E-state index contributed by atoms with van der Waals surface area (Å²) in [5.74, 6) is 0. The van der Waals surface area contributed by atoms with E-state index in [-0.39, 0.29) is 4.90 Å². The number of hydrogen-bond acceptors (Lipinski definition) is 2. The predicted molar refractivity (Wildman–Crippen MR) is 95.5 cm³/mol. The van der Waals surface area contributed by atoms with Gasteiger partial charge in [0, 0.05) is 10.6 Å². The molecule has 0 radical (unpaired) electrons. The molecule has 0 fully saturated rings. The van der Waals surface area contributed by atoms with Gasteiger partial charge in [-0.15, -0.1) is 0 Å². The first kappa shape index (κ1) is 15.4. The van der Waals surface area contributed by atoms with Crippen LogP contribution in [0.15, 0.2) is 77.7 Å². The fourth-order valence-corrected chi connectivity index (χ4v) is 4.72.